The summed E-state index contributed by atoms with van der Waals surface area (Å²) in [5.74, 6) is -1.19. The summed E-state index contributed by atoms with van der Waals surface area (Å²) in [5, 5.41) is 2.17. The van der Waals surface area contributed by atoms with Crippen molar-refractivity contribution in [1.82, 2.24) is 24.8 Å². The van der Waals surface area contributed by atoms with Crippen LogP contribution >= 0.6 is 7.52 Å². The third kappa shape index (κ3) is 6.70. The third-order valence-electron chi connectivity index (χ3n) is 4.37. The number of rotatable bonds is 12. The van der Waals surface area contributed by atoms with Gasteiger partial charge >= 0.3 is 19.5 Å². The summed E-state index contributed by atoms with van der Waals surface area (Å²) < 4.78 is 30.7. The Morgan fingerprint density at radius 1 is 1.28 bits per heavy atom. The van der Waals surface area contributed by atoms with Crippen molar-refractivity contribution in [2.45, 2.75) is 52.4 Å². The molecule has 14 heteroatoms. The average molecular weight is 470 g/mol. The van der Waals surface area contributed by atoms with Crippen molar-refractivity contribution in [3.8, 4) is 0 Å². The van der Waals surface area contributed by atoms with Crippen molar-refractivity contribution in [2.24, 2.45) is 5.92 Å². The summed E-state index contributed by atoms with van der Waals surface area (Å²) in [4.78, 5) is 40.7. The first-order chi connectivity index (χ1) is 15.2. The standard InChI is InChI=1S/C18H27N6O7P/c1-11(2)30-14(25)7-29-32(27,23-31-18(26)13-4-5-13)10-28-12(3)6-24-9-22-15-16(19)20-8-21-17(15)24/h8-9,11-13H,4-7,10H2,1-3H3,(H,23,27)(H2,19,20,21)/t12-,32?/m1/s1. The molecule has 1 fully saturated rings. The summed E-state index contributed by atoms with van der Waals surface area (Å²) in [6.07, 6.45) is 3.03. The van der Waals surface area contributed by atoms with Gasteiger partial charge in [0.05, 0.1) is 31.0 Å². The Morgan fingerprint density at radius 3 is 2.72 bits per heavy atom. The molecular weight excluding hydrogens is 443 g/mol. The molecule has 0 saturated heterocycles. The Bertz CT molecular complexity index is 1010. The van der Waals surface area contributed by atoms with Crippen LogP contribution in [-0.2, 0) is 39.5 Å². The van der Waals surface area contributed by atoms with E-state index in [4.69, 9.17) is 24.6 Å². The van der Waals surface area contributed by atoms with Crippen LogP contribution in [0.5, 0.6) is 0 Å². The third-order valence-corrected chi connectivity index (χ3v) is 5.77. The predicted molar refractivity (Wildman–Crippen MR) is 112 cm³/mol. The minimum atomic E-state index is -3.87. The fourth-order valence-electron chi connectivity index (χ4n) is 2.65. The number of ether oxygens (including phenoxy) is 2. The molecule has 2 aromatic rings. The van der Waals surface area contributed by atoms with Crippen LogP contribution in [-0.4, -0.2) is 56.6 Å². The van der Waals surface area contributed by atoms with Gasteiger partial charge in [0.15, 0.2) is 18.1 Å². The number of nitrogen functional groups attached to an aromatic ring is 1. The molecule has 2 aromatic heterocycles. The number of nitrogens with zero attached hydrogens (tertiary/aromatic N) is 4. The number of hydrogen-bond donors (Lipinski definition) is 2. The van der Waals surface area contributed by atoms with Crippen LogP contribution in [0.15, 0.2) is 12.7 Å². The van der Waals surface area contributed by atoms with Crippen LogP contribution in [0, 0.1) is 5.92 Å². The van der Waals surface area contributed by atoms with Gasteiger partial charge in [0.25, 0.3) is 0 Å². The molecule has 0 aromatic carbocycles. The van der Waals surface area contributed by atoms with Gasteiger partial charge in [-0.2, -0.15) is 0 Å². The van der Waals surface area contributed by atoms with Crippen molar-refractivity contribution < 1.29 is 33.0 Å². The van der Waals surface area contributed by atoms with E-state index in [0.717, 1.165) is 0 Å². The zero-order valence-corrected chi connectivity index (χ0v) is 19.0. The van der Waals surface area contributed by atoms with Gasteiger partial charge in [0.2, 0.25) is 0 Å². The molecule has 0 amide bonds. The number of hydrogen-bond acceptors (Lipinski definition) is 11. The predicted octanol–water partition coefficient (Wildman–Crippen LogP) is 1.39. The number of carbonyl (C=O) groups is 2. The quantitative estimate of drug-likeness (QED) is 0.260. The number of nitrogens with one attached hydrogen (secondary N) is 1. The molecule has 13 nitrogen and oxygen atoms in total. The van der Waals surface area contributed by atoms with Gasteiger partial charge in [-0.3, -0.25) is 9.36 Å². The van der Waals surface area contributed by atoms with Crippen molar-refractivity contribution in [1.29, 1.82) is 0 Å². The molecule has 1 aliphatic rings. The maximum absolute atomic E-state index is 13.1. The Balaban J connectivity index is 1.59. The van der Waals surface area contributed by atoms with Gasteiger partial charge in [-0.25, -0.2) is 19.7 Å². The Morgan fingerprint density at radius 2 is 2.03 bits per heavy atom. The molecule has 1 aliphatic carbocycles. The maximum Gasteiger partial charge on any atom is 0.332 e. The molecule has 32 heavy (non-hydrogen) atoms. The van der Waals surface area contributed by atoms with E-state index in [1.54, 1.807) is 31.7 Å². The highest BCUT2D eigenvalue weighted by molar-refractivity contribution is 7.56. The SMILES string of the molecule is CC(C)OC(=O)COP(=O)(CO[C@H](C)Cn1cnc2c(N)ncnc21)NOC(=O)C1CC1. The lowest BCUT2D eigenvalue weighted by Crippen LogP contribution is -2.26. The zero-order valence-electron chi connectivity index (χ0n) is 18.1. The molecule has 3 N–H and O–H groups in total. The van der Waals surface area contributed by atoms with Crippen molar-refractivity contribution in [3.63, 3.8) is 0 Å². The van der Waals surface area contributed by atoms with Crippen LogP contribution in [0.4, 0.5) is 5.82 Å². The second-order valence-corrected chi connectivity index (χ2v) is 9.75. The zero-order chi connectivity index (χ0) is 23.3. The molecule has 3 rings (SSSR count). The lowest BCUT2D eigenvalue weighted by molar-refractivity contribution is -0.150. The molecule has 0 aliphatic heterocycles. The normalized spacial score (nSPS) is 16.6. The van der Waals surface area contributed by atoms with Crippen molar-refractivity contribution >= 4 is 36.4 Å². The number of imidazole rings is 1. The van der Waals surface area contributed by atoms with Gasteiger partial charge in [0.1, 0.15) is 18.2 Å². The number of fused-ring (bicyclic) bond motifs is 1. The Kier molecular flexibility index (Phi) is 7.77. The van der Waals surface area contributed by atoms with E-state index in [-0.39, 0.29) is 17.8 Å². The van der Waals surface area contributed by atoms with Crippen LogP contribution in [0.1, 0.15) is 33.6 Å². The minimum Gasteiger partial charge on any atom is -0.461 e. The first kappa shape index (κ1) is 24.1. The summed E-state index contributed by atoms with van der Waals surface area (Å²) in [6, 6.07) is 0. The maximum atomic E-state index is 13.1. The molecule has 1 unspecified atom stereocenters. The van der Waals surface area contributed by atoms with E-state index in [1.165, 1.54) is 6.33 Å². The summed E-state index contributed by atoms with van der Waals surface area (Å²) in [6.45, 7) is 4.81. The van der Waals surface area contributed by atoms with Gasteiger partial charge in [-0.15, -0.1) is 0 Å². The van der Waals surface area contributed by atoms with E-state index in [0.29, 0.717) is 30.6 Å². The molecule has 0 spiro atoms. The minimum absolute atomic E-state index is 0.217. The van der Waals surface area contributed by atoms with Gasteiger partial charge in [-0.1, -0.05) is 5.25 Å². The summed E-state index contributed by atoms with van der Waals surface area (Å²) in [5.41, 5.74) is 6.78. The van der Waals surface area contributed by atoms with E-state index < -0.39 is 38.5 Å². The van der Waals surface area contributed by atoms with E-state index in [2.05, 4.69) is 20.2 Å². The second-order valence-electron chi connectivity index (χ2n) is 7.71. The average Bonchev–Trinajstić information content (AvgIpc) is 3.51. The van der Waals surface area contributed by atoms with E-state index in [1.807, 2.05) is 0 Å². The number of nitrogens with two attached hydrogens (primary N) is 1. The van der Waals surface area contributed by atoms with Gasteiger partial charge in [0, 0.05) is 0 Å². The second kappa shape index (κ2) is 10.3. The molecule has 2 heterocycles. The van der Waals surface area contributed by atoms with Crippen LogP contribution in [0.25, 0.3) is 11.2 Å². The molecule has 2 atom stereocenters. The molecule has 176 valence electrons. The monoisotopic (exact) mass is 470 g/mol. The molecular formula is C18H27N6O7P. The molecule has 0 bridgehead atoms. The largest absolute Gasteiger partial charge is 0.461 e. The number of aromatic nitrogens is 4. The van der Waals surface area contributed by atoms with Crippen LogP contribution < -0.4 is 11.0 Å². The van der Waals surface area contributed by atoms with Crippen molar-refractivity contribution in [2.75, 3.05) is 18.7 Å². The molecule has 1 saturated carbocycles. The van der Waals surface area contributed by atoms with Crippen LogP contribution in [0.2, 0.25) is 0 Å². The first-order valence-corrected chi connectivity index (χ1v) is 11.9. The highest BCUT2D eigenvalue weighted by Gasteiger charge is 2.35. The first-order valence-electron chi connectivity index (χ1n) is 10.1. The number of carbonyl (C=O) groups excluding carboxylic acids is 2. The molecule has 0 radical (unpaired) electrons. The lowest BCUT2D eigenvalue weighted by Gasteiger charge is -2.21. The van der Waals surface area contributed by atoms with E-state index >= 15 is 0 Å². The fourth-order valence-corrected chi connectivity index (χ4v) is 3.82. The topological polar surface area (TPSA) is 170 Å². The summed E-state index contributed by atoms with van der Waals surface area (Å²) >= 11 is 0. The van der Waals surface area contributed by atoms with Crippen molar-refractivity contribution in [3.05, 3.63) is 12.7 Å². The van der Waals surface area contributed by atoms with Crippen LogP contribution in [0.3, 0.4) is 0 Å². The Labute approximate surface area is 184 Å². The lowest BCUT2D eigenvalue weighted by atomic mass is 10.4. The Hall–Kier alpha value is -2.60. The van der Waals surface area contributed by atoms with E-state index in [9.17, 15) is 14.2 Å². The number of esters is 1. The van der Waals surface area contributed by atoms with Gasteiger partial charge < -0.3 is 29.1 Å². The highest BCUT2D eigenvalue weighted by atomic mass is 31.2. The summed E-state index contributed by atoms with van der Waals surface area (Å²) in [7, 11) is -3.87. The smallest absolute Gasteiger partial charge is 0.332 e. The highest BCUT2D eigenvalue weighted by Crippen LogP contribution is 2.43. The van der Waals surface area contributed by atoms with Gasteiger partial charge in [-0.05, 0) is 33.6 Å². The fraction of sp³-hybridized carbons (Fsp3) is 0.611. The number of anilines is 1.